The summed E-state index contributed by atoms with van der Waals surface area (Å²) in [4.78, 5) is 14.3. The van der Waals surface area contributed by atoms with Crippen LogP contribution < -0.4 is 10.5 Å². The van der Waals surface area contributed by atoms with Gasteiger partial charge in [-0.15, -0.1) is 0 Å². The summed E-state index contributed by atoms with van der Waals surface area (Å²) >= 11 is 0. The smallest absolute Gasteiger partial charge is 0.404 e. The summed E-state index contributed by atoms with van der Waals surface area (Å²) in [5, 5.41) is 0. The average Bonchev–Trinajstić information content (AvgIpc) is 2.48. The van der Waals surface area contributed by atoms with Gasteiger partial charge < -0.3 is 10.5 Å². The van der Waals surface area contributed by atoms with E-state index in [1.165, 1.54) is 0 Å². The molecule has 26 heavy (non-hydrogen) atoms. The fourth-order valence-electron chi connectivity index (χ4n) is 2.04. The van der Waals surface area contributed by atoms with Crippen LogP contribution in [0.5, 0.6) is 11.6 Å². The van der Waals surface area contributed by atoms with Crippen molar-refractivity contribution in [3.8, 4) is 11.6 Å². The lowest BCUT2D eigenvalue weighted by molar-refractivity contribution is -0.253. The Kier molecular flexibility index (Phi) is 5.10. The van der Waals surface area contributed by atoms with Gasteiger partial charge in [-0.25, -0.2) is 9.37 Å². The highest BCUT2D eigenvalue weighted by molar-refractivity contribution is 5.92. The maximum absolute atomic E-state index is 13.7. The molecule has 0 fully saturated rings. The maximum atomic E-state index is 13.7. The second kappa shape index (κ2) is 6.81. The van der Waals surface area contributed by atoms with Crippen LogP contribution in [-0.4, -0.2) is 23.2 Å². The Bertz CT molecular complexity index is 787. The van der Waals surface area contributed by atoms with E-state index in [1.54, 1.807) is 0 Å². The van der Waals surface area contributed by atoms with E-state index in [0.717, 1.165) is 24.4 Å². The Labute approximate surface area is 141 Å². The molecule has 0 unspecified atom stereocenters. The van der Waals surface area contributed by atoms with E-state index in [0.29, 0.717) is 12.1 Å². The Hall–Kier alpha value is -2.85. The Balaban J connectivity index is 2.26. The topological polar surface area (TPSA) is 65.2 Å². The van der Waals surface area contributed by atoms with E-state index in [2.05, 4.69) is 4.98 Å². The molecule has 1 aromatic heterocycles. The van der Waals surface area contributed by atoms with Crippen LogP contribution in [0.15, 0.2) is 36.5 Å². The van der Waals surface area contributed by atoms with Gasteiger partial charge in [-0.2, -0.15) is 26.3 Å². The molecule has 0 radical (unpaired) electrons. The minimum atomic E-state index is -5.53. The molecule has 11 heteroatoms. The fraction of sp³-hybridized carbons (Fsp3) is 0.200. The third-order valence-corrected chi connectivity index (χ3v) is 3.17. The zero-order chi connectivity index (χ0) is 19.7. The van der Waals surface area contributed by atoms with Gasteiger partial charge >= 0.3 is 12.4 Å². The fourth-order valence-corrected chi connectivity index (χ4v) is 2.04. The number of amides is 1. The zero-order valence-electron chi connectivity index (χ0n) is 12.5. The number of benzene rings is 1. The predicted octanol–water partition coefficient (Wildman–Crippen LogP) is 4.32. The molecular weight excluding hydrogens is 373 g/mol. The number of primary amides is 1. The van der Waals surface area contributed by atoms with Crippen molar-refractivity contribution in [2.75, 3.05) is 0 Å². The van der Waals surface area contributed by atoms with Crippen molar-refractivity contribution in [2.45, 2.75) is 18.3 Å². The van der Waals surface area contributed by atoms with Gasteiger partial charge in [0, 0.05) is 6.20 Å². The summed E-state index contributed by atoms with van der Waals surface area (Å²) in [7, 11) is 0. The summed E-state index contributed by atoms with van der Waals surface area (Å²) in [6.45, 7) is 0. The Morgan fingerprint density at radius 3 is 2.00 bits per heavy atom. The molecule has 1 heterocycles. The minimum Gasteiger partial charge on any atom is -0.436 e. The highest BCUT2D eigenvalue weighted by Crippen LogP contribution is 2.46. The number of hydrogen-bond donors (Lipinski definition) is 1. The predicted molar refractivity (Wildman–Crippen MR) is 74.1 cm³/mol. The van der Waals surface area contributed by atoms with Crippen LogP contribution in [0.1, 0.15) is 21.8 Å². The second-order valence-corrected chi connectivity index (χ2v) is 5.06. The van der Waals surface area contributed by atoms with Gasteiger partial charge in [0.1, 0.15) is 5.75 Å². The van der Waals surface area contributed by atoms with Crippen molar-refractivity contribution in [3.63, 3.8) is 0 Å². The van der Waals surface area contributed by atoms with Crippen LogP contribution in [0.25, 0.3) is 0 Å². The number of alkyl halides is 6. The average molecular weight is 382 g/mol. The van der Waals surface area contributed by atoms with Gasteiger partial charge in [0.15, 0.2) is 11.7 Å². The van der Waals surface area contributed by atoms with Crippen molar-refractivity contribution in [1.29, 1.82) is 0 Å². The largest absolute Gasteiger partial charge is 0.436 e. The van der Waals surface area contributed by atoms with E-state index in [-0.39, 0.29) is 11.3 Å². The van der Waals surface area contributed by atoms with Crippen LogP contribution in [0.2, 0.25) is 0 Å². The van der Waals surface area contributed by atoms with Gasteiger partial charge in [-0.1, -0.05) is 12.1 Å². The quantitative estimate of drug-likeness (QED) is 0.801. The van der Waals surface area contributed by atoms with E-state index in [4.69, 9.17) is 10.5 Å². The minimum absolute atomic E-state index is 0.247. The monoisotopic (exact) mass is 382 g/mol. The number of carbonyl (C=O) groups is 1. The molecule has 0 aliphatic heterocycles. The van der Waals surface area contributed by atoms with Crippen molar-refractivity contribution in [1.82, 2.24) is 4.98 Å². The van der Waals surface area contributed by atoms with Gasteiger partial charge in [0.05, 0.1) is 5.56 Å². The molecule has 0 bridgehead atoms. The highest BCUT2D eigenvalue weighted by Gasteiger charge is 2.57. The Morgan fingerprint density at radius 1 is 1.04 bits per heavy atom. The summed E-state index contributed by atoms with van der Waals surface area (Å²) in [5.74, 6) is -6.58. The van der Waals surface area contributed by atoms with E-state index in [9.17, 15) is 35.5 Å². The van der Waals surface area contributed by atoms with Crippen molar-refractivity contribution in [2.24, 2.45) is 5.73 Å². The summed E-state index contributed by atoms with van der Waals surface area (Å²) in [6.07, 6.45) is -10.2. The molecule has 4 nitrogen and oxygen atoms in total. The van der Waals surface area contributed by atoms with Gasteiger partial charge in [-0.3, -0.25) is 4.79 Å². The van der Waals surface area contributed by atoms with Crippen molar-refractivity contribution >= 4 is 5.91 Å². The SMILES string of the molecule is NC(=O)c1cnc(Oc2ccc(C(C(F)(F)F)C(F)(F)F)cc2)c(F)c1. The standard InChI is InChI=1S/C15H9F7N2O2/c16-10-5-8(12(23)25)6-24-13(10)26-9-3-1-7(2-4-9)11(14(17,18)19)15(20,21)22/h1-6,11H,(H2,23,25). The number of rotatable bonds is 4. The first-order valence-electron chi connectivity index (χ1n) is 6.76. The summed E-state index contributed by atoms with van der Waals surface area (Å²) in [5.41, 5.74) is 3.64. The number of pyridine rings is 1. The molecule has 0 aliphatic carbocycles. The summed E-state index contributed by atoms with van der Waals surface area (Å²) < 4.78 is 94.6. The number of ether oxygens (including phenoxy) is 1. The Morgan fingerprint density at radius 2 is 1.58 bits per heavy atom. The molecule has 140 valence electrons. The molecular formula is C15H9F7N2O2. The number of nitrogens with zero attached hydrogens (tertiary/aromatic N) is 1. The molecule has 0 spiro atoms. The van der Waals surface area contributed by atoms with E-state index >= 15 is 0 Å². The van der Waals surface area contributed by atoms with Crippen LogP contribution in [0.3, 0.4) is 0 Å². The number of halogens is 7. The van der Waals surface area contributed by atoms with Crippen LogP contribution in [-0.2, 0) is 0 Å². The lowest BCUT2D eigenvalue weighted by atomic mass is 9.98. The van der Waals surface area contributed by atoms with Crippen molar-refractivity contribution < 1.29 is 40.3 Å². The van der Waals surface area contributed by atoms with Crippen molar-refractivity contribution in [3.05, 3.63) is 53.5 Å². The molecule has 1 aromatic carbocycles. The molecule has 0 saturated carbocycles. The van der Waals surface area contributed by atoms with E-state index in [1.807, 2.05) is 0 Å². The third-order valence-electron chi connectivity index (χ3n) is 3.17. The van der Waals surface area contributed by atoms with E-state index < -0.39 is 41.4 Å². The van der Waals surface area contributed by atoms with Crippen LogP contribution >= 0.6 is 0 Å². The highest BCUT2D eigenvalue weighted by atomic mass is 19.4. The first kappa shape index (κ1) is 19.5. The molecule has 1 amide bonds. The molecule has 0 aliphatic rings. The maximum Gasteiger partial charge on any atom is 0.404 e. The first-order valence-corrected chi connectivity index (χ1v) is 6.76. The van der Waals surface area contributed by atoms with Gasteiger partial charge in [0.25, 0.3) is 5.88 Å². The number of hydrogen-bond acceptors (Lipinski definition) is 3. The zero-order valence-corrected chi connectivity index (χ0v) is 12.5. The second-order valence-electron chi connectivity index (χ2n) is 5.06. The lowest BCUT2D eigenvalue weighted by Crippen LogP contribution is -2.34. The third kappa shape index (κ3) is 4.41. The summed E-state index contributed by atoms with van der Waals surface area (Å²) in [6, 6.07) is 3.47. The molecule has 0 saturated heterocycles. The normalized spacial score (nSPS) is 12.3. The number of nitrogens with two attached hydrogens (primary N) is 1. The molecule has 0 atom stereocenters. The molecule has 2 rings (SSSR count). The molecule has 2 N–H and O–H groups in total. The van der Waals surface area contributed by atoms with Crippen LogP contribution in [0, 0.1) is 5.82 Å². The van der Waals surface area contributed by atoms with Gasteiger partial charge in [0.2, 0.25) is 5.91 Å². The number of carbonyl (C=O) groups excluding carboxylic acids is 1. The number of aromatic nitrogens is 1. The first-order chi connectivity index (χ1) is 11.9. The lowest BCUT2D eigenvalue weighted by Gasteiger charge is -2.23. The van der Waals surface area contributed by atoms with Gasteiger partial charge in [-0.05, 0) is 23.8 Å². The molecule has 2 aromatic rings. The van der Waals surface area contributed by atoms with Crippen LogP contribution in [0.4, 0.5) is 30.7 Å².